The van der Waals surface area contributed by atoms with Crippen molar-refractivity contribution < 1.29 is 116 Å². The van der Waals surface area contributed by atoms with Crippen molar-refractivity contribution in [2.75, 3.05) is 0 Å². The van der Waals surface area contributed by atoms with Crippen LogP contribution in [0.1, 0.15) is 268 Å². The molecule has 0 bridgehead atoms. The number of hydrogen-bond donors (Lipinski definition) is 10. The Morgan fingerprint density at radius 3 is 1.09 bits per heavy atom. The third-order valence-corrected chi connectivity index (χ3v) is 18.5. The third kappa shape index (κ3) is 26.9. The van der Waals surface area contributed by atoms with Crippen molar-refractivity contribution in [3.63, 3.8) is 0 Å². The molecule has 2 unspecified atom stereocenters. The van der Waals surface area contributed by atoms with E-state index in [1.54, 1.807) is 140 Å². The fourth-order valence-electron chi connectivity index (χ4n) is 11.8. The van der Waals surface area contributed by atoms with Crippen LogP contribution in [-0.4, -0.2) is 125 Å². The minimum Gasteiger partial charge on any atom is -0.508 e. The first-order chi connectivity index (χ1) is 56.9. The molecule has 0 aliphatic heterocycles. The first-order valence-corrected chi connectivity index (χ1v) is 36.8. The highest BCUT2D eigenvalue weighted by Gasteiger charge is 2.42. The van der Waals surface area contributed by atoms with E-state index in [0.717, 1.165) is 52.1 Å². The van der Waals surface area contributed by atoms with Gasteiger partial charge in [-0.1, -0.05) is 170 Å². The van der Waals surface area contributed by atoms with Crippen molar-refractivity contribution >= 4 is 93.9 Å². The number of carboxylic acid groups (broad SMARTS) is 5. The summed E-state index contributed by atoms with van der Waals surface area (Å²) in [6.45, 7) is 18.1. The zero-order chi connectivity index (χ0) is 89.9. The quantitative estimate of drug-likeness (QED) is 0.0169. The van der Waals surface area contributed by atoms with Gasteiger partial charge in [0.15, 0.2) is 40.7 Å². The number of ketones is 6. The maximum Gasteiger partial charge on any atom is 0.412 e. The lowest BCUT2D eigenvalue weighted by Crippen LogP contribution is -2.41. The van der Waals surface area contributed by atoms with Crippen LogP contribution in [0.15, 0.2) is 237 Å². The fraction of sp³-hybridized carbons (Fsp3) is 0.172. The third-order valence-electron chi connectivity index (χ3n) is 18.5. The Bertz CT molecular complexity index is 5640. The highest BCUT2D eigenvalue weighted by molar-refractivity contribution is 6.09. The Kier molecular flexibility index (Phi) is 33.7. The summed E-state index contributed by atoms with van der Waals surface area (Å²) < 4.78 is 40.2. The summed E-state index contributed by atoms with van der Waals surface area (Å²) in [5.74, 6) is -9.59. The van der Waals surface area contributed by atoms with Gasteiger partial charge in [-0.2, -0.15) is 13.2 Å². The summed E-state index contributed by atoms with van der Waals surface area (Å²) in [7, 11) is 0. The van der Waals surface area contributed by atoms with Gasteiger partial charge in [-0.05, 0) is 169 Å². The van der Waals surface area contributed by atoms with Gasteiger partial charge in [-0.3, -0.25) is 47.9 Å². The summed E-state index contributed by atoms with van der Waals surface area (Å²) in [6.07, 6.45) is -4.35. The number of benzene rings is 10. The standard InChI is InChI=1S/C20H18O5.C19H19NO4.C18H14F3NO4.2C18H17NO4/c1-12(21)15-9-7-14(11-18(15)13(2)22)8-10-19(23)16-5-3-4-6-17(16)20(24)25;1-12(21)13-8-10-14(11-9-13)19(2,3)20-17(22)15-6-4-5-7-16(15)18(23)24;1-10(23)11-6-8-12(9-7-11)15(18(19,20)21)22-16(24)13-4-2-3-5-14(13)17(25)26;1-11(13-7-9-14(10-8-13)12(2)20)19-17(21)15-5-3-4-6-16(15)18(22)23;1-11-9-13(12(2)20)7-8-14(11)10-19-17(21)15-5-3-4-6-16(15)18(22)23/h3-7,9,11,21H,1,8,10H2,2H3,(H,24,25);4-11H,1-3H3,(H,20,22)(H,23,24);2-9,15H,1H3,(H,22,24)(H,25,26);3-11H,1-2H3,(H,19,21)(H,22,23);3-9H,10H2,1-2H3,(H,19,21)(H,22,23). The van der Waals surface area contributed by atoms with Crippen LogP contribution in [0, 0.1) is 6.92 Å². The molecule has 10 aromatic rings. The summed E-state index contributed by atoms with van der Waals surface area (Å²) in [5.41, 5.74) is 5.50. The van der Waals surface area contributed by atoms with Gasteiger partial charge in [0.25, 0.3) is 23.6 Å². The number of aryl methyl sites for hydroxylation is 2. The predicted molar refractivity (Wildman–Crippen MR) is 442 cm³/mol. The van der Waals surface area contributed by atoms with Gasteiger partial charge < -0.3 is 51.9 Å². The average molecular weight is 1650 g/mol. The molecule has 0 heterocycles. The Labute approximate surface area is 692 Å². The zero-order valence-electron chi connectivity index (χ0n) is 66.9. The van der Waals surface area contributed by atoms with Crippen LogP contribution in [0.5, 0.6) is 0 Å². The fourth-order valence-corrected chi connectivity index (χ4v) is 11.8. The molecule has 0 spiro atoms. The Hall–Kier alpha value is -15.2. The molecular weight excluding hydrogens is 1570 g/mol. The molecule has 121 heavy (non-hydrogen) atoms. The smallest absolute Gasteiger partial charge is 0.412 e. The Morgan fingerprint density at radius 2 is 0.719 bits per heavy atom. The molecule has 10 N–H and O–H groups in total. The normalized spacial score (nSPS) is 11.1. The maximum atomic E-state index is 13.4. The lowest BCUT2D eigenvalue weighted by molar-refractivity contribution is -0.155. The molecule has 0 aliphatic carbocycles. The van der Waals surface area contributed by atoms with Gasteiger partial charge in [0.05, 0.1) is 61.7 Å². The highest BCUT2D eigenvalue weighted by atomic mass is 19.4. The van der Waals surface area contributed by atoms with E-state index in [1.165, 1.54) is 107 Å². The molecular formula is C93H85F3N4O21. The Morgan fingerprint density at radius 1 is 0.372 bits per heavy atom. The van der Waals surface area contributed by atoms with Crippen molar-refractivity contribution in [2.45, 2.75) is 105 Å². The number of carbonyl (C=O) groups excluding carboxylic acids is 10. The molecule has 28 heteroatoms. The zero-order valence-corrected chi connectivity index (χ0v) is 66.9. The Balaban J connectivity index is 0.000000234. The largest absolute Gasteiger partial charge is 0.508 e. The molecule has 25 nitrogen and oxygen atoms in total. The van der Waals surface area contributed by atoms with Crippen LogP contribution in [0.25, 0.3) is 5.76 Å². The number of hydrogen-bond acceptors (Lipinski definition) is 16. The molecule has 0 aliphatic rings. The number of aliphatic hydroxyl groups excluding tert-OH is 1. The topological polar surface area (TPSA) is 426 Å². The van der Waals surface area contributed by atoms with Gasteiger partial charge in [-0.25, -0.2) is 24.0 Å². The summed E-state index contributed by atoms with van der Waals surface area (Å²) in [5, 5.41) is 65.4. The van der Waals surface area contributed by atoms with Gasteiger partial charge in [0, 0.05) is 51.9 Å². The molecule has 0 saturated carbocycles. The van der Waals surface area contributed by atoms with E-state index >= 15 is 0 Å². The molecule has 4 amide bonds. The average Bonchev–Trinajstić information content (AvgIpc) is 0.818. The van der Waals surface area contributed by atoms with Gasteiger partial charge in [0.2, 0.25) is 0 Å². The van der Waals surface area contributed by atoms with Gasteiger partial charge in [-0.15, -0.1) is 0 Å². The number of aromatic carboxylic acids is 5. The molecule has 0 saturated heterocycles. The summed E-state index contributed by atoms with van der Waals surface area (Å²) in [6, 6.07) is 55.3. The van der Waals surface area contributed by atoms with E-state index in [9.17, 15) is 95.3 Å². The first-order valence-electron chi connectivity index (χ1n) is 36.8. The van der Waals surface area contributed by atoms with Crippen LogP contribution in [0.3, 0.4) is 0 Å². The highest BCUT2D eigenvalue weighted by Crippen LogP contribution is 2.34. The van der Waals surface area contributed by atoms with E-state index in [2.05, 4.69) is 22.5 Å². The minimum atomic E-state index is -4.81. The number of carbonyl (C=O) groups is 15. The maximum absolute atomic E-state index is 13.4. The monoisotopic (exact) mass is 1650 g/mol. The number of halogens is 3. The summed E-state index contributed by atoms with van der Waals surface area (Å²) >= 11 is 0. The van der Waals surface area contributed by atoms with E-state index in [1.807, 2.05) is 26.1 Å². The lowest BCUT2D eigenvalue weighted by Gasteiger charge is -2.27. The van der Waals surface area contributed by atoms with E-state index in [0.29, 0.717) is 34.2 Å². The van der Waals surface area contributed by atoms with Crippen LogP contribution in [0.2, 0.25) is 0 Å². The van der Waals surface area contributed by atoms with Crippen molar-refractivity contribution in [2.24, 2.45) is 0 Å². The molecule has 0 aromatic heterocycles. The van der Waals surface area contributed by atoms with Crippen molar-refractivity contribution in [1.82, 2.24) is 21.3 Å². The van der Waals surface area contributed by atoms with Crippen LogP contribution in [-0.2, 0) is 18.5 Å². The van der Waals surface area contributed by atoms with Crippen LogP contribution in [0.4, 0.5) is 13.2 Å². The molecule has 624 valence electrons. The molecule has 0 fully saturated rings. The van der Waals surface area contributed by atoms with E-state index in [-0.39, 0.29) is 121 Å². The second-order valence-electron chi connectivity index (χ2n) is 27.7. The van der Waals surface area contributed by atoms with E-state index < -0.39 is 76.8 Å². The van der Waals surface area contributed by atoms with Crippen LogP contribution < -0.4 is 21.3 Å². The number of Topliss-reactive ketones (excluding diaryl/α,β-unsaturated/α-hetero) is 6. The number of alkyl halides is 3. The van der Waals surface area contributed by atoms with Gasteiger partial charge >= 0.3 is 36.0 Å². The minimum absolute atomic E-state index is 0.0147. The van der Waals surface area contributed by atoms with E-state index in [4.69, 9.17) is 20.4 Å². The number of rotatable bonds is 27. The summed E-state index contributed by atoms with van der Waals surface area (Å²) in [4.78, 5) is 174. The number of aliphatic hydroxyl groups is 1. The second kappa shape index (κ2) is 43.1. The number of carboxylic acids is 5. The molecule has 0 radical (unpaired) electrons. The van der Waals surface area contributed by atoms with Crippen molar-refractivity contribution in [1.29, 1.82) is 0 Å². The van der Waals surface area contributed by atoms with Crippen molar-refractivity contribution in [3.05, 3.63) is 359 Å². The first kappa shape index (κ1) is 94.6. The lowest BCUT2D eigenvalue weighted by atomic mass is 9.92. The number of nitrogens with one attached hydrogen (secondary N) is 4. The second-order valence-corrected chi connectivity index (χ2v) is 27.7. The predicted octanol–water partition coefficient (Wildman–Crippen LogP) is 16.7. The molecule has 2 atom stereocenters. The molecule has 10 rings (SSSR count). The van der Waals surface area contributed by atoms with Crippen LogP contribution >= 0.6 is 0 Å². The molecule has 10 aromatic carbocycles. The number of amides is 4. The SMILES string of the molecule is C=C(O)c1ccc(CCC(=O)c2ccccc2C(=O)O)cc1C(C)=O.CC(=O)c1ccc(C(C)(C)NC(=O)c2ccccc2C(=O)O)cc1.CC(=O)c1ccc(C(C)NC(=O)c2ccccc2C(=O)O)cc1.CC(=O)c1ccc(C(NC(=O)c2ccccc2C(=O)O)C(F)(F)F)cc1.CC(=O)c1ccc(CNC(=O)c2ccccc2C(=O)O)c(C)c1. The van der Waals surface area contributed by atoms with Gasteiger partial charge in [0.1, 0.15) is 5.76 Å². The van der Waals surface area contributed by atoms with Crippen molar-refractivity contribution in [3.8, 4) is 0 Å².